The number of para-hydroxylation sites is 1. The lowest BCUT2D eigenvalue weighted by molar-refractivity contribution is 0.0934. The van der Waals surface area contributed by atoms with Gasteiger partial charge in [-0.25, -0.2) is 0 Å². The summed E-state index contributed by atoms with van der Waals surface area (Å²) in [4.78, 5) is 25.0. The Morgan fingerprint density at radius 2 is 1.79 bits per heavy atom. The third-order valence-electron chi connectivity index (χ3n) is 4.71. The van der Waals surface area contributed by atoms with Gasteiger partial charge in [-0.2, -0.15) is 0 Å². The molecule has 6 heteroatoms. The van der Waals surface area contributed by atoms with Gasteiger partial charge >= 0.3 is 0 Å². The lowest BCUT2D eigenvalue weighted by Crippen LogP contribution is -2.26. The molecule has 4 aromatic rings. The molecular weight excluding hydrogens is 368 g/mol. The molecule has 0 aliphatic carbocycles. The highest BCUT2D eigenvalue weighted by Gasteiger charge is 2.17. The smallest absolute Gasteiger partial charge is 0.291 e. The Bertz CT molecular complexity index is 1140. The van der Waals surface area contributed by atoms with Crippen molar-refractivity contribution < 1.29 is 18.4 Å². The summed E-state index contributed by atoms with van der Waals surface area (Å²) in [5.41, 5.74) is 2.61. The molecule has 146 valence electrons. The molecule has 2 aromatic carbocycles. The maximum atomic E-state index is 12.7. The fourth-order valence-electron chi connectivity index (χ4n) is 3.06. The number of aryl methyl sites for hydroxylation is 1. The Kier molecular flexibility index (Phi) is 4.91. The fraction of sp³-hybridized carbons (Fsp3) is 0.130. The van der Waals surface area contributed by atoms with Gasteiger partial charge in [-0.1, -0.05) is 24.3 Å². The minimum absolute atomic E-state index is 0.206. The van der Waals surface area contributed by atoms with E-state index in [9.17, 15) is 9.59 Å². The van der Waals surface area contributed by atoms with Crippen LogP contribution < -0.4 is 10.6 Å². The van der Waals surface area contributed by atoms with Crippen molar-refractivity contribution in [1.82, 2.24) is 5.32 Å². The molecule has 2 N–H and O–H groups in total. The molecule has 29 heavy (non-hydrogen) atoms. The number of carbonyl (C=O) groups is 2. The normalized spacial score (nSPS) is 11.9. The van der Waals surface area contributed by atoms with E-state index in [1.165, 1.54) is 6.26 Å². The summed E-state index contributed by atoms with van der Waals surface area (Å²) in [5, 5.41) is 6.70. The molecule has 0 fully saturated rings. The molecule has 2 aromatic heterocycles. The molecule has 1 unspecified atom stereocenters. The van der Waals surface area contributed by atoms with Crippen LogP contribution in [-0.2, 0) is 0 Å². The van der Waals surface area contributed by atoms with Crippen LogP contribution in [0.1, 0.15) is 45.2 Å². The standard InChI is InChI=1S/C23H20N2O4/c1-14-9-10-17(12-18(14)25-23(27)20-8-5-11-28-20)22(26)24-15(2)21-13-16-6-3-4-7-19(16)29-21/h3-13,15H,1-2H3,(H,24,26)(H,25,27). The zero-order valence-electron chi connectivity index (χ0n) is 16.1. The van der Waals surface area contributed by atoms with Crippen LogP contribution in [0.4, 0.5) is 5.69 Å². The summed E-state index contributed by atoms with van der Waals surface area (Å²) in [5.74, 6) is 0.258. The van der Waals surface area contributed by atoms with Crippen molar-refractivity contribution in [2.24, 2.45) is 0 Å². The number of carbonyl (C=O) groups excluding carboxylic acids is 2. The summed E-state index contributed by atoms with van der Waals surface area (Å²) in [6.45, 7) is 3.72. The quantitative estimate of drug-likeness (QED) is 0.499. The molecule has 1 atom stereocenters. The second-order valence-corrected chi connectivity index (χ2v) is 6.84. The largest absolute Gasteiger partial charge is 0.459 e. The average Bonchev–Trinajstić information content (AvgIpc) is 3.39. The summed E-state index contributed by atoms with van der Waals surface area (Å²) >= 11 is 0. The first-order valence-electron chi connectivity index (χ1n) is 9.26. The minimum atomic E-state index is -0.369. The summed E-state index contributed by atoms with van der Waals surface area (Å²) in [7, 11) is 0. The third-order valence-corrected chi connectivity index (χ3v) is 4.71. The second kappa shape index (κ2) is 7.67. The highest BCUT2D eigenvalue weighted by molar-refractivity contribution is 6.04. The van der Waals surface area contributed by atoms with Gasteiger partial charge < -0.3 is 19.5 Å². The van der Waals surface area contributed by atoms with Gasteiger partial charge in [0.05, 0.1) is 12.3 Å². The molecule has 0 saturated heterocycles. The second-order valence-electron chi connectivity index (χ2n) is 6.84. The average molecular weight is 388 g/mol. The van der Waals surface area contributed by atoms with Crippen molar-refractivity contribution in [2.45, 2.75) is 19.9 Å². The Hall–Kier alpha value is -3.80. The first-order chi connectivity index (χ1) is 14.0. The van der Waals surface area contributed by atoms with Crippen LogP contribution >= 0.6 is 0 Å². The van der Waals surface area contributed by atoms with Gasteiger partial charge in [0.25, 0.3) is 11.8 Å². The predicted octanol–water partition coefficient (Wildman–Crippen LogP) is 5.08. The van der Waals surface area contributed by atoms with E-state index < -0.39 is 0 Å². The van der Waals surface area contributed by atoms with Gasteiger partial charge in [0.15, 0.2) is 5.76 Å². The zero-order chi connectivity index (χ0) is 20.4. The van der Waals surface area contributed by atoms with Gasteiger partial charge in [-0.3, -0.25) is 9.59 Å². The van der Waals surface area contributed by atoms with Crippen LogP contribution in [0.25, 0.3) is 11.0 Å². The van der Waals surface area contributed by atoms with E-state index in [1.807, 2.05) is 44.2 Å². The molecule has 2 heterocycles. The molecule has 0 aliphatic rings. The van der Waals surface area contributed by atoms with E-state index in [0.29, 0.717) is 17.0 Å². The van der Waals surface area contributed by atoms with Crippen LogP contribution in [0.2, 0.25) is 0 Å². The van der Waals surface area contributed by atoms with Crippen molar-refractivity contribution in [1.29, 1.82) is 0 Å². The Balaban J connectivity index is 1.50. The first-order valence-corrected chi connectivity index (χ1v) is 9.26. The van der Waals surface area contributed by atoms with Crippen molar-refractivity contribution >= 4 is 28.5 Å². The topological polar surface area (TPSA) is 84.5 Å². The Morgan fingerprint density at radius 3 is 2.55 bits per heavy atom. The van der Waals surface area contributed by atoms with Crippen molar-refractivity contribution in [3.05, 3.63) is 89.6 Å². The van der Waals surface area contributed by atoms with E-state index in [2.05, 4.69) is 10.6 Å². The number of rotatable bonds is 5. The van der Waals surface area contributed by atoms with Crippen molar-refractivity contribution in [3.8, 4) is 0 Å². The minimum Gasteiger partial charge on any atom is -0.459 e. The van der Waals surface area contributed by atoms with E-state index >= 15 is 0 Å². The third kappa shape index (κ3) is 3.91. The molecule has 6 nitrogen and oxygen atoms in total. The van der Waals surface area contributed by atoms with E-state index in [4.69, 9.17) is 8.83 Å². The number of benzene rings is 2. The number of amides is 2. The van der Waals surface area contributed by atoms with Crippen LogP contribution in [0.5, 0.6) is 0 Å². The number of hydrogen-bond donors (Lipinski definition) is 2. The Morgan fingerprint density at radius 1 is 0.966 bits per heavy atom. The molecule has 4 rings (SSSR count). The van der Waals surface area contributed by atoms with Crippen LogP contribution in [0, 0.1) is 6.92 Å². The zero-order valence-corrected chi connectivity index (χ0v) is 16.1. The monoisotopic (exact) mass is 388 g/mol. The van der Waals surface area contributed by atoms with Gasteiger partial charge in [0.1, 0.15) is 11.3 Å². The highest BCUT2D eigenvalue weighted by Crippen LogP contribution is 2.24. The maximum absolute atomic E-state index is 12.7. The lowest BCUT2D eigenvalue weighted by atomic mass is 10.1. The highest BCUT2D eigenvalue weighted by atomic mass is 16.3. The number of hydrogen-bond acceptors (Lipinski definition) is 4. The summed E-state index contributed by atoms with van der Waals surface area (Å²) in [6.07, 6.45) is 1.44. The molecule has 2 amide bonds. The van der Waals surface area contributed by atoms with Gasteiger partial charge in [-0.15, -0.1) is 0 Å². The van der Waals surface area contributed by atoms with Crippen LogP contribution in [0.3, 0.4) is 0 Å². The van der Waals surface area contributed by atoms with Crippen molar-refractivity contribution in [3.63, 3.8) is 0 Å². The van der Waals surface area contributed by atoms with Crippen molar-refractivity contribution in [2.75, 3.05) is 5.32 Å². The number of furan rings is 2. The Labute approximate surface area is 167 Å². The molecule has 0 saturated carbocycles. The fourth-order valence-corrected chi connectivity index (χ4v) is 3.06. The molecule has 0 bridgehead atoms. The number of anilines is 1. The predicted molar refractivity (Wildman–Crippen MR) is 110 cm³/mol. The molecular formula is C23H20N2O4. The van der Waals surface area contributed by atoms with Crippen LogP contribution in [0.15, 0.2) is 75.8 Å². The lowest BCUT2D eigenvalue weighted by Gasteiger charge is -2.13. The van der Waals surface area contributed by atoms with E-state index in [-0.39, 0.29) is 23.6 Å². The SMILES string of the molecule is Cc1ccc(C(=O)NC(C)c2cc3ccccc3o2)cc1NC(=O)c1ccco1. The van der Waals surface area contributed by atoms with Crippen LogP contribution in [-0.4, -0.2) is 11.8 Å². The number of fused-ring (bicyclic) bond motifs is 1. The van der Waals surface area contributed by atoms with Gasteiger partial charge in [0.2, 0.25) is 0 Å². The summed E-state index contributed by atoms with van der Waals surface area (Å²) < 4.78 is 10.9. The van der Waals surface area contributed by atoms with Gasteiger partial charge in [-0.05, 0) is 55.8 Å². The maximum Gasteiger partial charge on any atom is 0.291 e. The molecule has 0 spiro atoms. The van der Waals surface area contributed by atoms with Gasteiger partial charge in [0, 0.05) is 16.6 Å². The number of nitrogens with one attached hydrogen (secondary N) is 2. The van der Waals surface area contributed by atoms with E-state index in [0.717, 1.165) is 16.5 Å². The summed E-state index contributed by atoms with van der Waals surface area (Å²) in [6, 6.07) is 17.7. The first kappa shape index (κ1) is 18.6. The van der Waals surface area contributed by atoms with E-state index in [1.54, 1.807) is 30.3 Å². The molecule has 0 aliphatic heterocycles. The molecule has 0 radical (unpaired) electrons.